The molecule has 23 heavy (non-hydrogen) atoms. The van der Waals surface area contributed by atoms with Crippen molar-refractivity contribution in [3.63, 3.8) is 0 Å². The maximum absolute atomic E-state index is 12.4. The van der Waals surface area contributed by atoms with Gasteiger partial charge in [0.05, 0.1) is 13.0 Å². The average Bonchev–Trinajstić information content (AvgIpc) is 2.96. The van der Waals surface area contributed by atoms with Crippen molar-refractivity contribution >= 4 is 11.9 Å². The van der Waals surface area contributed by atoms with Gasteiger partial charge in [-0.15, -0.1) is 0 Å². The topological polar surface area (TPSA) is 66.8 Å². The summed E-state index contributed by atoms with van der Waals surface area (Å²) in [5, 5.41) is 9.08. The minimum absolute atomic E-state index is 0.0716. The van der Waals surface area contributed by atoms with E-state index in [4.69, 9.17) is 9.84 Å². The van der Waals surface area contributed by atoms with Crippen LogP contribution in [0.2, 0.25) is 0 Å². The Morgan fingerprint density at radius 3 is 2.74 bits per heavy atom. The molecule has 1 aromatic carbocycles. The van der Waals surface area contributed by atoms with Gasteiger partial charge < -0.3 is 9.84 Å². The molecule has 0 bridgehead atoms. The van der Waals surface area contributed by atoms with Gasteiger partial charge in [-0.2, -0.15) is 0 Å². The van der Waals surface area contributed by atoms with E-state index in [1.807, 2.05) is 35.2 Å². The van der Waals surface area contributed by atoms with Crippen LogP contribution in [0.1, 0.15) is 38.2 Å². The third-order valence-corrected chi connectivity index (χ3v) is 4.34. The predicted molar refractivity (Wildman–Crippen MR) is 87.2 cm³/mol. The highest BCUT2D eigenvalue weighted by molar-refractivity contribution is 5.76. The molecule has 0 unspecified atom stereocenters. The Morgan fingerprint density at radius 1 is 1.35 bits per heavy atom. The summed E-state index contributed by atoms with van der Waals surface area (Å²) < 4.78 is 5.23. The van der Waals surface area contributed by atoms with E-state index in [9.17, 15) is 9.59 Å². The monoisotopic (exact) mass is 319 g/mol. The molecule has 1 saturated heterocycles. The number of ether oxygens (including phenoxy) is 1. The highest BCUT2D eigenvalue weighted by Crippen LogP contribution is 2.25. The standard InChI is InChI=1S/C18H25NO4/c1-2-23-18(22)16(11-10-14-7-4-3-5-8-14)19-12-6-9-15(19)13-17(20)21/h3-5,7-8,15-16H,2,6,9-13H2,1H3,(H,20,21)/t15-,16-/m0/s1. The Bertz CT molecular complexity index is 517. The number of carbonyl (C=O) groups is 2. The van der Waals surface area contributed by atoms with Crippen LogP contribution in [0.25, 0.3) is 0 Å². The van der Waals surface area contributed by atoms with Crippen LogP contribution in [0.4, 0.5) is 0 Å². The van der Waals surface area contributed by atoms with Crippen molar-refractivity contribution in [2.24, 2.45) is 0 Å². The van der Waals surface area contributed by atoms with Gasteiger partial charge in [0.1, 0.15) is 6.04 Å². The normalized spacial score (nSPS) is 19.4. The number of carbonyl (C=O) groups excluding carboxylic acids is 1. The molecule has 0 spiro atoms. The van der Waals surface area contributed by atoms with Crippen LogP contribution in [0.15, 0.2) is 30.3 Å². The van der Waals surface area contributed by atoms with Gasteiger partial charge in [-0.1, -0.05) is 30.3 Å². The molecular weight excluding hydrogens is 294 g/mol. The number of esters is 1. The third-order valence-electron chi connectivity index (χ3n) is 4.34. The molecule has 1 N–H and O–H groups in total. The fourth-order valence-corrected chi connectivity index (χ4v) is 3.29. The summed E-state index contributed by atoms with van der Waals surface area (Å²) in [6, 6.07) is 9.59. The number of carboxylic acid groups (broad SMARTS) is 1. The minimum atomic E-state index is -0.812. The second kappa shape index (κ2) is 8.67. The molecule has 1 heterocycles. The summed E-state index contributed by atoms with van der Waals surface area (Å²) in [6.45, 7) is 2.90. The van der Waals surface area contributed by atoms with E-state index in [0.29, 0.717) is 13.0 Å². The lowest BCUT2D eigenvalue weighted by molar-refractivity contribution is -0.151. The SMILES string of the molecule is CCOC(=O)[C@H](CCc1ccccc1)N1CCC[C@H]1CC(=O)O. The number of aryl methyl sites for hydroxylation is 1. The van der Waals surface area contributed by atoms with E-state index in [2.05, 4.69) is 0 Å². The summed E-state index contributed by atoms with van der Waals surface area (Å²) in [5.74, 6) is -1.05. The number of rotatable bonds is 8. The molecule has 1 fully saturated rings. The number of benzene rings is 1. The van der Waals surface area contributed by atoms with Crippen molar-refractivity contribution in [2.75, 3.05) is 13.2 Å². The molecule has 2 rings (SSSR count). The highest BCUT2D eigenvalue weighted by atomic mass is 16.5. The molecule has 5 heteroatoms. The van der Waals surface area contributed by atoms with Gasteiger partial charge in [-0.05, 0) is 44.7 Å². The lowest BCUT2D eigenvalue weighted by Crippen LogP contribution is -2.46. The first-order valence-electron chi connectivity index (χ1n) is 8.30. The molecule has 5 nitrogen and oxygen atoms in total. The first kappa shape index (κ1) is 17.5. The first-order chi connectivity index (χ1) is 11.1. The quantitative estimate of drug-likeness (QED) is 0.746. The molecule has 0 amide bonds. The van der Waals surface area contributed by atoms with Gasteiger partial charge in [0.2, 0.25) is 0 Å². The Morgan fingerprint density at radius 2 is 2.09 bits per heavy atom. The number of likely N-dealkylation sites (tertiary alicyclic amines) is 1. The van der Waals surface area contributed by atoms with Gasteiger partial charge in [0.25, 0.3) is 0 Å². The Kier molecular flexibility index (Phi) is 6.59. The van der Waals surface area contributed by atoms with E-state index < -0.39 is 5.97 Å². The summed E-state index contributed by atoms with van der Waals surface area (Å²) in [6.07, 6.45) is 3.27. The molecule has 0 saturated carbocycles. The van der Waals surface area contributed by atoms with Crippen molar-refractivity contribution in [1.29, 1.82) is 0 Å². The van der Waals surface area contributed by atoms with Crippen molar-refractivity contribution in [1.82, 2.24) is 4.90 Å². The van der Waals surface area contributed by atoms with Crippen LogP contribution in [0.3, 0.4) is 0 Å². The van der Waals surface area contributed by atoms with Gasteiger partial charge in [-0.3, -0.25) is 14.5 Å². The van der Waals surface area contributed by atoms with Gasteiger partial charge in [-0.25, -0.2) is 0 Å². The lowest BCUT2D eigenvalue weighted by Gasteiger charge is -2.31. The molecule has 1 aliphatic rings. The van der Waals surface area contributed by atoms with Crippen LogP contribution >= 0.6 is 0 Å². The second-order valence-corrected chi connectivity index (χ2v) is 5.92. The van der Waals surface area contributed by atoms with E-state index in [1.165, 1.54) is 5.56 Å². The minimum Gasteiger partial charge on any atom is -0.481 e. The number of nitrogens with zero attached hydrogens (tertiary/aromatic N) is 1. The third kappa shape index (κ3) is 5.06. The molecular formula is C18H25NO4. The molecule has 0 radical (unpaired) electrons. The van der Waals surface area contributed by atoms with Gasteiger partial charge in [0, 0.05) is 6.04 Å². The number of aliphatic carboxylic acids is 1. The van der Waals surface area contributed by atoms with Crippen LogP contribution in [-0.4, -0.2) is 47.2 Å². The van der Waals surface area contributed by atoms with Crippen LogP contribution in [0, 0.1) is 0 Å². The molecule has 2 atom stereocenters. The Hall–Kier alpha value is -1.88. The molecule has 126 valence electrons. The number of hydrogen-bond acceptors (Lipinski definition) is 4. The number of carboxylic acids is 1. The zero-order valence-electron chi connectivity index (χ0n) is 13.6. The molecule has 1 aromatic rings. The largest absolute Gasteiger partial charge is 0.481 e. The van der Waals surface area contributed by atoms with E-state index in [-0.39, 0.29) is 24.5 Å². The fourth-order valence-electron chi connectivity index (χ4n) is 3.29. The maximum Gasteiger partial charge on any atom is 0.323 e. The zero-order chi connectivity index (χ0) is 16.7. The summed E-state index contributed by atoms with van der Waals surface area (Å²) >= 11 is 0. The summed E-state index contributed by atoms with van der Waals surface area (Å²) in [5.41, 5.74) is 1.18. The Labute approximate surface area is 137 Å². The lowest BCUT2D eigenvalue weighted by atomic mass is 10.0. The van der Waals surface area contributed by atoms with Crippen LogP contribution in [-0.2, 0) is 20.7 Å². The van der Waals surface area contributed by atoms with Gasteiger partial charge in [0.15, 0.2) is 0 Å². The smallest absolute Gasteiger partial charge is 0.323 e. The van der Waals surface area contributed by atoms with E-state index in [0.717, 1.165) is 25.8 Å². The fraction of sp³-hybridized carbons (Fsp3) is 0.556. The average molecular weight is 319 g/mol. The van der Waals surface area contributed by atoms with E-state index in [1.54, 1.807) is 6.92 Å². The maximum atomic E-state index is 12.4. The summed E-state index contributed by atoms with van der Waals surface area (Å²) in [4.78, 5) is 25.5. The molecule has 1 aliphatic heterocycles. The van der Waals surface area contributed by atoms with Crippen LogP contribution < -0.4 is 0 Å². The second-order valence-electron chi connectivity index (χ2n) is 5.92. The first-order valence-corrected chi connectivity index (χ1v) is 8.30. The molecule has 0 aliphatic carbocycles. The predicted octanol–water partition coefficient (Wildman–Crippen LogP) is 2.49. The van der Waals surface area contributed by atoms with Crippen molar-refractivity contribution in [2.45, 2.75) is 51.1 Å². The Balaban J connectivity index is 2.06. The van der Waals surface area contributed by atoms with Gasteiger partial charge >= 0.3 is 11.9 Å². The zero-order valence-corrected chi connectivity index (χ0v) is 13.6. The summed E-state index contributed by atoms with van der Waals surface area (Å²) in [7, 11) is 0. The van der Waals surface area contributed by atoms with Crippen LogP contribution in [0.5, 0.6) is 0 Å². The van der Waals surface area contributed by atoms with Crippen molar-refractivity contribution in [3.05, 3.63) is 35.9 Å². The number of hydrogen-bond donors (Lipinski definition) is 1. The van der Waals surface area contributed by atoms with Crippen molar-refractivity contribution in [3.8, 4) is 0 Å². The van der Waals surface area contributed by atoms with E-state index >= 15 is 0 Å². The highest BCUT2D eigenvalue weighted by Gasteiger charge is 2.36. The molecule has 0 aromatic heterocycles. The van der Waals surface area contributed by atoms with Crippen molar-refractivity contribution < 1.29 is 19.4 Å².